The highest BCUT2D eigenvalue weighted by Gasteiger charge is 2.20. The van der Waals surface area contributed by atoms with Gasteiger partial charge in [0, 0.05) is 23.1 Å². The molecule has 1 atom stereocenters. The Labute approximate surface area is 121 Å². The van der Waals surface area contributed by atoms with Gasteiger partial charge in [-0.05, 0) is 60.1 Å². The number of carbonyl (C=O) groups excluding carboxylic acids is 1. The van der Waals surface area contributed by atoms with Gasteiger partial charge in [0.25, 0.3) is 5.91 Å². The molecule has 0 aliphatic carbocycles. The number of hydrogen-bond acceptors (Lipinski definition) is 2. The Kier molecular flexibility index (Phi) is 4.65. The van der Waals surface area contributed by atoms with Crippen molar-refractivity contribution in [3.63, 3.8) is 0 Å². The van der Waals surface area contributed by atoms with Crippen LogP contribution in [0, 0.1) is 5.92 Å². The minimum Gasteiger partial charge on any atom is -0.352 e. The van der Waals surface area contributed by atoms with Crippen LogP contribution in [0.5, 0.6) is 0 Å². The Bertz CT molecular complexity index is 453. The van der Waals surface area contributed by atoms with Gasteiger partial charge in [-0.15, -0.1) is 0 Å². The molecule has 1 fully saturated rings. The minimum absolute atomic E-state index is 0.0565. The summed E-state index contributed by atoms with van der Waals surface area (Å²) in [7, 11) is 2.11. The van der Waals surface area contributed by atoms with Gasteiger partial charge in [0.15, 0.2) is 0 Å². The maximum atomic E-state index is 11.9. The third-order valence-electron chi connectivity index (χ3n) is 3.22. The number of likely N-dealkylation sites (tertiary alicyclic amines) is 1. The van der Waals surface area contributed by atoms with Gasteiger partial charge in [0.2, 0.25) is 0 Å². The third-order valence-corrected chi connectivity index (χ3v) is 4.45. The molecule has 0 radical (unpaired) electrons. The average molecular weight is 332 g/mol. The molecule has 2 rings (SSSR count). The Balaban J connectivity index is 1.89. The van der Waals surface area contributed by atoms with Crippen molar-refractivity contribution in [3.8, 4) is 0 Å². The molecule has 1 aromatic carbocycles. The van der Waals surface area contributed by atoms with E-state index in [1.54, 1.807) is 18.2 Å². The van der Waals surface area contributed by atoms with Crippen molar-refractivity contribution in [1.29, 1.82) is 0 Å². The third kappa shape index (κ3) is 3.46. The molecule has 0 aromatic heterocycles. The van der Waals surface area contributed by atoms with Crippen molar-refractivity contribution in [1.82, 2.24) is 10.2 Å². The molecule has 0 unspecified atom stereocenters. The van der Waals surface area contributed by atoms with Gasteiger partial charge in [-0.2, -0.15) is 0 Å². The fourth-order valence-electron chi connectivity index (χ4n) is 2.17. The van der Waals surface area contributed by atoms with Crippen LogP contribution < -0.4 is 5.32 Å². The molecule has 1 aliphatic heterocycles. The molecule has 18 heavy (non-hydrogen) atoms. The van der Waals surface area contributed by atoms with Gasteiger partial charge in [-0.25, -0.2) is 0 Å². The van der Waals surface area contributed by atoms with E-state index in [9.17, 15) is 4.79 Å². The summed E-state index contributed by atoms with van der Waals surface area (Å²) in [6.45, 7) is 2.91. The van der Waals surface area contributed by atoms with Gasteiger partial charge in [0.05, 0.1) is 5.02 Å². The highest BCUT2D eigenvalue weighted by molar-refractivity contribution is 9.10. The molecular formula is C13H16BrClN2O. The molecular weight excluding hydrogens is 316 g/mol. The van der Waals surface area contributed by atoms with Crippen LogP contribution >= 0.6 is 27.5 Å². The lowest BCUT2D eigenvalue weighted by Gasteiger charge is -2.12. The molecule has 5 heteroatoms. The highest BCUT2D eigenvalue weighted by Crippen LogP contribution is 2.23. The Morgan fingerprint density at radius 3 is 3.00 bits per heavy atom. The molecule has 1 aliphatic rings. The standard InChI is InChI=1S/C13H16BrClN2O/c1-17-5-4-9(8-17)7-16-13(18)10-2-3-11(14)12(15)6-10/h2-3,6,9H,4-5,7-8H2,1H3,(H,16,18)/t9-/m0/s1. The first kappa shape index (κ1) is 13.8. The maximum Gasteiger partial charge on any atom is 0.251 e. The highest BCUT2D eigenvalue weighted by atomic mass is 79.9. The van der Waals surface area contributed by atoms with E-state index in [1.807, 2.05) is 0 Å². The lowest BCUT2D eigenvalue weighted by Crippen LogP contribution is -2.30. The van der Waals surface area contributed by atoms with Crippen molar-refractivity contribution >= 4 is 33.4 Å². The van der Waals surface area contributed by atoms with Crippen LogP contribution in [0.25, 0.3) is 0 Å². The van der Waals surface area contributed by atoms with E-state index < -0.39 is 0 Å². The molecule has 1 aromatic rings. The van der Waals surface area contributed by atoms with Crippen LogP contribution in [0.1, 0.15) is 16.8 Å². The van der Waals surface area contributed by atoms with E-state index in [4.69, 9.17) is 11.6 Å². The summed E-state index contributed by atoms with van der Waals surface area (Å²) in [5.41, 5.74) is 0.606. The topological polar surface area (TPSA) is 32.3 Å². The van der Waals surface area contributed by atoms with Crippen LogP contribution in [0.4, 0.5) is 0 Å². The largest absolute Gasteiger partial charge is 0.352 e. The Hall–Kier alpha value is -0.580. The molecule has 1 N–H and O–H groups in total. The SMILES string of the molecule is CN1CC[C@@H](CNC(=O)c2ccc(Br)c(Cl)c2)C1. The first-order valence-electron chi connectivity index (χ1n) is 5.98. The molecule has 1 saturated heterocycles. The van der Waals surface area contributed by atoms with E-state index >= 15 is 0 Å². The predicted molar refractivity (Wildman–Crippen MR) is 77.1 cm³/mol. The number of benzene rings is 1. The van der Waals surface area contributed by atoms with E-state index in [0.29, 0.717) is 16.5 Å². The number of nitrogens with one attached hydrogen (secondary N) is 1. The van der Waals surface area contributed by atoms with Gasteiger partial charge < -0.3 is 10.2 Å². The monoisotopic (exact) mass is 330 g/mol. The van der Waals surface area contributed by atoms with E-state index in [-0.39, 0.29) is 5.91 Å². The second-order valence-corrected chi connectivity index (χ2v) is 6.02. The lowest BCUT2D eigenvalue weighted by molar-refractivity contribution is 0.0947. The number of carbonyl (C=O) groups is 1. The van der Waals surface area contributed by atoms with Gasteiger partial charge in [-0.1, -0.05) is 11.6 Å². The summed E-state index contributed by atoms with van der Waals surface area (Å²) >= 11 is 9.28. The average Bonchev–Trinajstić information content (AvgIpc) is 2.75. The second-order valence-electron chi connectivity index (χ2n) is 4.76. The van der Waals surface area contributed by atoms with Crippen LogP contribution in [0.15, 0.2) is 22.7 Å². The molecule has 1 heterocycles. The number of nitrogens with zero attached hydrogens (tertiary/aromatic N) is 1. The minimum atomic E-state index is -0.0565. The summed E-state index contributed by atoms with van der Waals surface area (Å²) in [6, 6.07) is 5.24. The van der Waals surface area contributed by atoms with Crippen LogP contribution in [0.3, 0.4) is 0 Å². The summed E-state index contributed by atoms with van der Waals surface area (Å²) < 4.78 is 0.804. The maximum absolute atomic E-state index is 11.9. The van der Waals surface area contributed by atoms with Crippen molar-refractivity contribution in [2.45, 2.75) is 6.42 Å². The fraction of sp³-hybridized carbons (Fsp3) is 0.462. The first-order chi connectivity index (χ1) is 8.56. The van der Waals surface area contributed by atoms with Crippen molar-refractivity contribution in [2.24, 2.45) is 5.92 Å². The van der Waals surface area contributed by atoms with Gasteiger partial charge in [-0.3, -0.25) is 4.79 Å². The Morgan fingerprint density at radius 1 is 1.61 bits per heavy atom. The molecule has 98 valence electrons. The van der Waals surface area contributed by atoms with Crippen molar-refractivity contribution in [2.75, 3.05) is 26.7 Å². The molecule has 3 nitrogen and oxygen atoms in total. The summed E-state index contributed by atoms with van der Waals surface area (Å²) in [5, 5.41) is 3.53. The van der Waals surface area contributed by atoms with Gasteiger partial charge >= 0.3 is 0 Å². The predicted octanol–water partition coefficient (Wildman–Crippen LogP) is 2.78. The van der Waals surface area contributed by atoms with Crippen LogP contribution in [-0.4, -0.2) is 37.5 Å². The zero-order valence-electron chi connectivity index (χ0n) is 10.2. The zero-order chi connectivity index (χ0) is 13.1. The van der Waals surface area contributed by atoms with E-state index in [0.717, 1.165) is 30.5 Å². The molecule has 0 saturated carbocycles. The number of halogens is 2. The summed E-state index contributed by atoms with van der Waals surface area (Å²) in [4.78, 5) is 14.2. The Morgan fingerprint density at radius 2 is 2.39 bits per heavy atom. The number of amides is 1. The lowest BCUT2D eigenvalue weighted by atomic mass is 10.1. The zero-order valence-corrected chi connectivity index (χ0v) is 12.6. The fourth-order valence-corrected chi connectivity index (χ4v) is 2.60. The molecule has 0 bridgehead atoms. The second kappa shape index (κ2) is 6.04. The normalized spacial score (nSPS) is 20.1. The van der Waals surface area contributed by atoms with Crippen LogP contribution in [-0.2, 0) is 0 Å². The van der Waals surface area contributed by atoms with E-state index in [2.05, 4.69) is 33.2 Å². The number of rotatable bonds is 3. The van der Waals surface area contributed by atoms with E-state index in [1.165, 1.54) is 0 Å². The van der Waals surface area contributed by atoms with Crippen LogP contribution in [0.2, 0.25) is 5.02 Å². The van der Waals surface area contributed by atoms with Gasteiger partial charge in [0.1, 0.15) is 0 Å². The first-order valence-corrected chi connectivity index (χ1v) is 7.15. The molecule has 1 amide bonds. The van der Waals surface area contributed by atoms with Crippen molar-refractivity contribution in [3.05, 3.63) is 33.3 Å². The number of hydrogen-bond donors (Lipinski definition) is 1. The quantitative estimate of drug-likeness (QED) is 0.924. The van der Waals surface area contributed by atoms with Crippen molar-refractivity contribution < 1.29 is 4.79 Å². The summed E-state index contributed by atoms with van der Waals surface area (Å²) in [5.74, 6) is 0.504. The molecule has 0 spiro atoms. The summed E-state index contributed by atoms with van der Waals surface area (Å²) in [6.07, 6.45) is 1.15. The smallest absolute Gasteiger partial charge is 0.251 e.